The van der Waals surface area contributed by atoms with Crippen LogP contribution in [-0.2, 0) is 9.47 Å². The topological polar surface area (TPSA) is 57.0 Å². The normalized spacial score (nSPS) is 11.6. The van der Waals surface area contributed by atoms with Gasteiger partial charge in [0.1, 0.15) is 11.1 Å². The van der Waals surface area contributed by atoms with E-state index in [1.807, 2.05) is 52.9 Å². The van der Waals surface area contributed by atoms with Gasteiger partial charge in [0, 0.05) is 16.2 Å². The van der Waals surface area contributed by atoms with Crippen LogP contribution in [0.15, 0.2) is 54.6 Å². The lowest BCUT2D eigenvalue weighted by Gasteiger charge is -2.07. The van der Waals surface area contributed by atoms with E-state index in [9.17, 15) is 9.59 Å². The first-order chi connectivity index (χ1) is 13.2. The first kappa shape index (κ1) is 15.6. The molecule has 5 aromatic rings. The van der Waals surface area contributed by atoms with E-state index >= 15 is 0 Å². The predicted molar refractivity (Wildman–Crippen MR) is 104 cm³/mol. The van der Waals surface area contributed by atoms with Gasteiger partial charge >= 0.3 is 11.9 Å². The van der Waals surface area contributed by atoms with E-state index in [1.165, 1.54) is 14.2 Å². The highest BCUT2D eigenvalue weighted by Crippen LogP contribution is 2.41. The smallest absolute Gasteiger partial charge is 0.340 e. The fraction of sp³-hybridized carbons (Fsp3) is 0.0909. The lowest BCUT2D eigenvalue weighted by molar-refractivity contribution is 0.0559. The first-order valence-corrected chi connectivity index (χ1v) is 8.54. The number of hydrogen-bond acceptors (Lipinski definition) is 4. The van der Waals surface area contributed by atoms with Crippen molar-refractivity contribution in [3.05, 3.63) is 65.7 Å². The highest BCUT2D eigenvalue weighted by molar-refractivity contribution is 6.26. The zero-order valence-corrected chi connectivity index (χ0v) is 14.8. The molecule has 5 nitrogen and oxygen atoms in total. The molecule has 0 saturated carbocycles. The second-order valence-corrected chi connectivity index (χ2v) is 6.43. The van der Waals surface area contributed by atoms with Crippen molar-refractivity contribution in [3.8, 4) is 0 Å². The molecule has 0 aliphatic rings. The third-order valence-electron chi connectivity index (χ3n) is 5.16. The van der Waals surface area contributed by atoms with Gasteiger partial charge in [-0.1, -0.05) is 48.5 Å². The maximum absolute atomic E-state index is 12.7. The third kappa shape index (κ3) is 1.88. The summed E-state index contributed by atoms with van der Waals surface area (Å²) in [6.45, 7) is 0. The summed E-state index contributed by atoms with van der Waals surface area (Å²) < 4.78 is 12.0. The molecule has 0 N–H and O–H groups in total. The minimum atomic E-state index is -0.555. The molecule has 27 heavy (non-hydrogen) atoms. The van der Waals surface area contributed by atoms with Gasteiger partial charge in [0.15, 0.2) is 0 Å². The van der Waals surface area contributed by atoms with Crippen LogP contribution in [0.25, 0.3) is 38.1 Å². The first-order valence-electron chi connectivity index (χ1n) is 8.54. The number of carbonyl (C=O) groups excluding carboxylic acids is 2. The van der Waals surface area contributed by atoms with Crippen molar-refractivity contribution >= 4 is 50.0 Å². The second-order valence-electron chi connectivity index (χ2n) is 6.43. The van der Waals surface area contributed by atoms with Gasteiger partial charge in [-0.05, 0) is 11.5 Å². The number of methoxy groups -OCH3 is 2. The number of carbonyl (C=O) groups is 2. The van der Waals surface area contributed by atoms with Crippen molar-refractivity contribution in [1.29, 1.82) is 0 Å². The Balaban J connectivity index is 2.19. The van der Waals surface area contributed by atoms with E-state index in [2.05, 4.69) is 6.07 Å². The van der Waals surface area contributed by atoms with Gasteiger partial charge in [-0.15, -0.1) is 0 Å². The molecule has 2 aromatic carbocycles. The van der Waals surface area contributed by atoms with Gasteiger partial charge in [0.05, 0.1) is 30.8 Å². The van der Waals surface area contributed by atoms with Crippen LogP contribution in [0.3, 0.4) is 0 Å². The third-order valence-corrected chi connectivity index (χ3v) is 5.16. The van der Waals surface area contributed by atoms with Crippen molar-refractivity contribution in [3.63, 3.8) is 0 Å². The average Bonchev–Trinajstić information content (AvgIpc) is 3.23. The molecule has 0 radical (unpaired) electrons. The van der Waals surface area contributed by atoms with Crippen molar-refractivity contribution in [2.75, 3.05) is 14.2 Å². The Morgan fingerprint density at radius 2 is 1.26 bits per heavy atom. The van der Waals surface area contributed by atoms with Gasteiger partial charge in [-0.2, -0.15) is 0 Å². The maximum Gasteiger partial charge on any atom is 0.340 e. The number of rotatable bonds is 2. The van der Waals surface area contributed by atoms with Crippen LogP contribution in [0.1, 0.15) is 20.7 Å². The molecule has 0 atom stereocenters. The van der Waals surface area contributed by atoms with Gasteiger partial charge < -0.3 is 13.9 Å². The Bertz CT molecular complexity index is 1360. The molecule has 0 aliphatic heterocycles. The van der Waals surface area contributed by atoms with Gasteiger partial charge in [-0.25, -0.2) is 9.59 Å². The Kier molecular flexibility index (Phi) is 3.15. The van der Waals surface area contributed by atoms with Gasteiger partial charge in [0.2, 0.25) is 0 Å². The van der Waals surface area contributed by atoms with Crippen LogP contribution in [-0.4, -0.2) is 30.6 Å². The number of fused-ring (bicyclic) bond motifs is 5. The van der Waals surface area contributed by atoms with Crippen molar-refractivity contribution in [1.82, 2.24) is 4.40 Å². The van der Waals surface area contributed by atoms with E-state index in [4.69, 9.17) is 9.47 Å². The molecular weight excluding hydrogens is 342 g/mol. The van der Waals surface area contributed by atoms with Gasteiger partial charge in [-0.3, -0.25) is 0 Å². The van der Waals surface area contributed by atoms with Crippen LogP contribution in [0.2, 0.25) is 0 Å². The molecule has 5 rings (SSSR count). The Morgan fingerprint density at radius 1 is 0.741 bits per heavy atom. The highest BCUT2D eigenvalue weighted by Gasteiger charge is 2.31. The Hall–Kier alpha value is -3.60. The molecule has 0 bridgehead atoms. The predicted octanol–water partition coefficient (Wildman–Crippen LogP) is 4.41. The average molecular weight is 357 g/mol. The molecule has 0 amide bonds. The standard InChI is InChI=1S/C22H15NO4/c1-26-21(24)17-18(22(25)27-2)20-15-10-6-5-9-14(15)16-11-12-7-3-4-8-13(12)19(17)23(16)20/h3-11H,1-2H3. The highest BCUT2D eigenvalue weighted by atomic mass is 16.5. The second kappa shape index (κ2) is 5.45. The van der Waals surface area contributed by atoms with Gasteiger partial charge in [0.25, 0.3) is 0 Å². The zero-order chi connectivity index (χ0) is 18.7. The van der Waals surface area contributed by atoms with E-state index in [-0.39, 0.29) is 11.1 Å². The molecule has 5 heteroatoms. The van der Waals surface area contributed by atoms with E-state index in [1.54, 1.807) is 0 Å². The SMILES string of the molecule is COC(=O)c1c(C(=O)OC)c2c3ccccc3c3cc4ccccc4c1n32. The van der Waals surface area contributed by atoms with Crippen molar-refractivity contribution < 1.29 is 19.1 Å². The van der Waals surface area contributed by atoms with Crippen LogP contribution >= 0.6 is 0 Å². The molecule has 3 heterocycles. The molecular formula is C22H15NO4. The zero-order valence-electron chi connectivity index (χ0n) is 14.8. The quantitative estimate of drug-likeness (QED) is 0.439. The molecule has 132 valence electrons. The number of benzene rings is 2. The Morgan fingerprint density at radius 3 is 1.89 bits per heavy atom. The summed E-state index contributed by atoms with van der Waals surface area (Å²) in [6, 6.07) is 17.8. The summed E-state index contributed by atoms with van der Waals surface area (Å²) in [5, 5.41) is 3.78. The van der Waals surface area contributed by atoms with Crippen LogP contribution in [0.4, 0.5) is 0 Å². The summed E-state index contributed by atoms with van der Waals surface area (Å²) in [5.74, 6) is -1.11. The van der Waals surface area contributed by atoms with E-state index < -0.39 is 11.9 Å². The number of esters is 2. The van der Waals surface area contributed by atoms with Crippen LogP contribution in [0, 0.1) is 0 Å². The number of ether oxygens (including phenoxy) is 2. The molecule has 0 spiro atoms. The fourth-order valence-electron chi connectivity index (χ4n) is 4.09. The summed E-state index contributed by atoms with van der Waals surface area (Å²) in [4.78, 5) is 25.5. The largest absolute Gasteiger partial charge is 0.465 e. The molecule has 3 aromatic heterocycles. The minimum absolute atomic E-state index is 0.243. The Labute approximate surface area is 154 Å². The number of hydrogen-bond donors (Lipinski definition) is 0. The number of nitrogens with zero attached hydrogens (tertiary/aromatic N) is 1. The molecule has 0 aliphatic carbocycles. The number of pyridine rings is 1. The van der Waals surface area contributed by atoms with Crippen molar-refractivity contribution in [2.45, 2.75) is 0 Å². The summed E-state index contributed by atoms with van der Waals surface area (Å²) >= 11 is 0. The lowest BCUT2D eigenvalue weighted by atomic mass is 10.0. The van der Waals surface area contributed by atoms with Crippen LogP contribution < -0.4 is 0 Å². The monoisotopic (exact) mass is 357 g/mol. The van der Waals surface area contributed by atoms with E-state index in [0.29, 0.717) is 11.0 Å². The number of aromatic nitrogens is 1. The van der Waals surface area contributed by atoms with E-state index in [0.717, 1.165) is 27.1 Å². The molecule has 0 unspecified atom stereocenters. The fourth-order valence-corrected chi connectivity index (χ4v) is 4.09. The molecule has 0 fully saturated rings. The summed E-state index contributed by atoms with van der Waals surface area (Å²) in [6.07, 6.45) is 0. The minimum Gasteiger partial charge on any atom is -0.465 e. The van der Waals surface area contributed by atoms with Crippen molar-refractivity contribution in [2.24, 2.45) is 0 Å². The lowest BCUT2D eigenvalue weighted by Crippen LogP contribution is -2.10. The summed E-state index contributed by atoms with van der Waals surface area (Å²) in [7, 11) is 2.64. The van der Waals surface area contributed by atoms with Crippen LogP contribution in [0.5, 0.6) is 0 Å². The maximum atomic E-state index is 12.7. The summed E-state index contributed by atoms with van der Waals surface area (Å²) in [5.41, 5.74) is 2.77. The molecule has 0 saturated heterocycles.